The van der Waals surface area contributed by atoms with Crippen molar-refractivity contribution in [2.24, 2.45) is 11.0 Å². The second-order valence-electron chi connectivity index (χ2n) is 6.41. The molecule has 2 aliphatic heterocycles. The summed E-state index contributed by atoms with van der Waals surface area (Å²) >= 11 is 0. The van der Waals surface area contributed by atoms with Crippen molar-refractivity contribution in [3.8, 4) is 12.0 Å². The fourth-order valence-corrected chi connectivity index (χ4v) is 3.20. The molecule has 5 heteroatoms. The minimum absolute atomic E-state index is 0.174. The van der Waals surface area contributed by atoms with Crippen molar-refractivity contribution < 1.29 is 9.59 Å². The van der Waals surface area contributed by atoms with Gasteiger partial charge in [0, 0.05) is 17.2 Å². The van der Waals surface area contributed by atoms with Crippen LogP contribution in [0.5, 0.6) is 0 Å². The van der Waals surface area contributed by atoms with E-state index in [1.54, 1.807) is 6.92 Å². The summed E-state index contributed by atoms with van der Waals surface area (Å²) in [4.78, 5) is 27.3. The van der Waals surface area contributed by atoms with E-state index in [9.17, 15) is 9.59 Å². The monoisotopic (exact) mass is 355 g/mol. The van der Waals surface area contributed by atoms with Crippen LogP contribution in [-0.4, -0.2) is 27.9 Å². The Bertz CT molecular complexity index is 1010. The van der Waals surface area contributed by atoms with Gasteiger partial charge in [-0.25, -0.2) is 4.90 Å². The summed E-state index contributed by atoms with van der Waals surface area (Å²) in [5, 5.41) is 5.48. The fraction of sp³-hybridized carbons (Fsp3) is 0.136. The van der Waals surface area contributed by atoms with E-state index in [4.69, 9.17) is 0 Å². The molecule has 1 amide bonds. The molecular weight excluding hydrogens is 338 g/mol. The Morgan fingerprint density at radius 1 is 1.00 bits per heavy atom. The number of hydrazone groups is 1. The van der Waals surface area contributed by atoms with Gasteiger partial charge in [0.05, 0.1) is 0 Å². The normalized spacial score (nSPS) is 18.5. The van der Waals surface area contributed by atoms with Crippen LogP contribution in [0.25, 0.3) is 0 Å². The molecule has 2 aromatic rings. The summed E-state index contributed by atoms with van der Waals surface area (Å²) < 4.78 is 0. The van der Waals surface area contributed by atoms with Crippen molar-refractivity contribution in [2.75, 3.05) is 0 Å². The third-order valence-electron chi connectivity index (χ3n) is 4.62. The van der Waals surface area contributed by atoms with Gasteiger partial charge in [0.2, 0.25) is 0 Å². The van der Waals surface area contributed by atoms with Gasteiger partial charge in [-0.15, -0.1) is 0 Å². The Labute approximate surface area is 157 Å². The van der Waals surface area contributed by atoms with Gasteiger partial charge < -0.3 is 0 Å². The highest BCUT2D eigenvalue weighted by Crippen LogP contribution is 2.31. The highest BCUT2D eigenvalue weighted by atomic mass is 16.2. The predicted octanol–water partition coefficient (Wildman–Crippen LogP) is 2.76. The van der Waals surface area contributed by atoms with E-state index in [0.29, 0.717) is 17.8 Å². The predicted molar refractivity (Wildman–Crippen MR) is 102 cm³/mol. The topological polar surface area (TPSA) is 53.0 Å². The highest BCUT2D eigenvalue weighted by Gasteiger charge is 2.43. The van der Waals surface area contributed by atoms with Crippen molar-refractivity contribution in [1.29, 1.82) is 0 Å². The second-order valence-corrected chi connectivity index (χ2v) is 6.41. The summed E-state index contributed by atoms with van der Waals surface area (Å²) in [5.41, 5.74) is 2.29. The molecule has 2 heterocycles. The van der Waals surface area contributed by atoms with E-state index in [2.05, 4.69) is 17.1 Å². The highest BCUT2D eigenvalue weighted by molar-refractivity contribution is 6.13. The van der Waals surface area contributed by atoms with E-state index in [0.717, 1.165) is 11.1 Å². The molecule has 0 bridgehead atoms. The molecule has 1 atom stereocenters. The molecule has 0 radical (unpaired) electrons. The van der Waals surface area contributed by atoms with E-state index < -0.39 is 5.92 Å². The molecule has 0 N–H and O–H groups in total. The molecule has 27 heavy (non-hydrogen) atoms. The zero-order valence-corrected chi connectivity index (χ0v) is 14.8. The quantitative estimate of drug-likeness (QED) is 0.615. The smallest absolute Gasteiger partial charge is 0.260 e. The summed E-state index contributed by atoms with van der Waals surface area (Å²) in [6.07, 6.45) is 1.84. The number of hydrogen-bond donors (Lipinski definition) is 0. The molecule has 0 aromatic heterocycles. The number of carbonyl (C=O) groups is 2. The number of rotatable bonds is 2. The number of benzene rings is 2. The molecule has 1 unspecified atom stereocenters. The lowest BCUT2D eigenvalue weighted by atomic mass is 9.88. The van der Waals surface area contributed by atoms with Crippen molar-refractivity contribution in [2.45, 2.75) is 13.3 Å². The molecule has 5 nitrogen and oxygen atoms in total. The minimum atomic E-state index is -0.754. The number of hydrogen-bond acceptors (Lipinski definition) is 4. The van der Waals surface area contributed by atoms with Crippen molar-refractivity contribution >= 4 is 18.0 Å². The van der Waals surface area contributed by atoms with Gasteiger partial charge in [-0.05, 0) is 37.0 Å². The Hall–Kier alpha value is -3.65. The number of carbonyl (C=O) groups excluding carboxylic acids is 2. The lowest BCUT2D eigenvalue weighted by Crippen LogP contribution is -2.43. The average molecular weight is 355 g/mol. The van der Waals surface area contributed by atoms with Crippen LogP contribution in [-0.2, 0) is 16.0 Å². The van der Waals surface area contributed by atoms with Crippen molar-refractivity contribution in [3.05, 3.63) is 83.2 Å². The first-order valence-corrected chi connectivity index (χ1v) is 8.68. The lowest BCUT2D eigenvalue weighted by Gasteiger charge is -2.29. The van der Waals surface area contributed by atoms with Crippen LogP contribution in [0.4, 0.5) is 0 Å². The largest absolute Gasteiger partial charge is 0.294 e. The van der Waals surface area contributed by atoms with Gasteiger partial charge in [-0.2, -0.15) is 10.1 Å². The molecule has 0 saturated heterocycles. The van der Waals surface area contributed by atoms with Gasteiger partial charge in [0.25, 0.3) is 5.91 Å². The van der Waals surface area contributed by atoms with Gasteiger partial charge >= 0.3 is 0 Å². The Kier molecular flexibility index (Phi) is 4.31. The second kappa shape index (κ2) is 6.93. The van der Waals surface area contributed by atoms with Crippen LogP contribution in [0.1, 0.15) is 18.1 Å². The Balaban J connectivity index is 1.63. The average Bonchev–Trinajstić information content (AvgIpc) is 3.14. The molecule has 4 rings (SSSR count). The third-order valence-corrected chi connectivity index (χ3v) is 4.62. The maximum absolute atomic E-state index is 12.9. The maximum atomic E-state index is 12.9. The van der Waals surface area contributed by atoms with Crippen LogP contribution < -0.4 is 0 Å². The first-order valence-electron chi connectivity index (χ1n) is 8.68. The van der Waals surface area contributed by atoms with Crippen LogP contribution in [0.3, 0.4) is 0 Å². The van der Waals surface area contributed by atoms with Gasteiger partial charge in [0.1, 0.15) is 12.3 Å². The summed E-state index contributed by atoms with van der Waals surface area (Å²) in [7, 11) is 0. The SMILES string of the molecule is CC1=C2N(C#Cc3ccccc3)C=NN2C(=O)C(Cc2ccccc2)C1=O. The molecule has 2 aromatic carbocycles. The Morgan fingerprint density at radius 3 is 2.37 bits per heavy atom. The molecule has 0 aliphatic carbocycles. The van der Waals surface area contributed by atoms with Gasteiger partial charge in [-0.3, -0.25) is 9.59 Å². The summed E-state index contributed by atoms with van der Waals surface area (Å²) in [6.45, 7) is 1.72. The number of nitrogens with zero attached hydrogens (tertiary/aromatic N) is 3. The third kappa shape index (κ3) is 3.13. The van der Waals surface area contributed by atoms with Gasteiger partial charge in [0.15, 0.2) is 11.6 Å². The van der Waals surface area contributed by atoms with Gasteiger partial charge in [-0.1, -0.05) is 48.5 Å². The van der Waals surface area contributed by atoms with Crippen molar-refractivity contribution in [3.63, 3.8) is 0 Å². The van der Waals surface area contributed by atoms with Crippen LogP contribution in [0, 0.1) is 17.9 Å². The Morgan fingerprint density at radius 2 is 1.67 bits per heavy atom. The van der Waals surface area contributed by atoms with E-state index in [-0.39, 0.29) is 11.7 Å². The summed E-state index contributed by atoms with van der Waals surface area (Å²) in [6, 6.07) is 22.0. The van der Waals surface area contributed by atoms with Crippen molar-refractivity contribution in [1.82, 2.24) is 9.91 Å². The van der Waals surface area contributed by atoms with E-state index in [1.165, 1.54) is 16.2 Å². The number of amides is 1. The molecule has 2 aliphatic rings. The lowest BCUT2D eigenvalue weighted by molar-refractivity contribution is -0.140. The maximum Gasteiger partial charge on any atom is 0.260 e. The number of ketones is 1. The van der Waals surface area contributed by atoms with E-state index in [1.807, 2.05) is 60.7 Å². The first kappa shape index (κ1) is 16.8. The van der Waals surface area contributed by atoms with Crippen LogP contribution in [0.2, 0.25) is 0 Å². The minimum Gasteiger partial charge on any atom is -0.294 e. The zero-order chi connectivity index (χ0) is 18.8. The van der Waals surface area contributed by atoms with Crippen LogP contribution >= 0.6 is 0 Å². The molecule has 0 spiro atoms. The standard InChI is InChI=1S/C22H17N3O2/c1-16-20(26)19(14-18-10-6-3-7-11-18)22(27)25-21(16)24(15-23-25)13-12-17-8-4-2-5-9-17/h2-11,15,19H,14H2,1H3. The molecule has 0 fully saturated rings. The van der Waals surface area contributed by atoms with Crippen LogP contribution in [0.15, 0.2) is 77.2 Å². The number of allylic oxidation sites excluding steroid dienone is 1. The zero-order valence-electron chi connectivity index (χ0n) is 14.8. The molecule has 0 saturated carbocycles. The first-order chi connectivity index (χ1) is 13.1. The number of Topliss-reactive ketones (excluding diaryl/α,β-unsaturated/α-hetero) is 1. The number of fused-ring (bicyclic) bond motifs is 1. The van der Waals surface area contributed by atoms with E-state index >= 15 is 0 Å². The summed E-state index contributed by atoms with van der Waals surface area (Å²) in [5.74, 6) is 2.21. The molecule has 132 valence electrons. The fourth-order valence-electron chi connectivity index (χ4n) is 3.20. The molecular formula is C22H17N3O2.